The van der Waals surface area contributed by atoms with E-state index < -0.39 is 0 Å². The number of carbonyl (C=O) groups is 1. The second kappa shape index (κ2) is 5.83. The van der Waals surface area contributed by atoms with Gasteiger partial charge in [-0.1, -0.05) is 6.07 Å². The minimum absolute atomic E-state index is 0.0229. The predicted molar refractivity (Wildman–Crippen MR) is 89.0 cm³/mol. The Bertz CT molecular complexity index is 764. The summed E-state index contributed by atoms with van der Waals surface area (Å²) in [7, 11) is 1.82. The maximum absolute atomic E-state index is 12.5. The summed E-state index contributed by atoms with van der Waals surface area (Å²) in [5.41, 5.74) is 6.67. The molecule has 0 aliphatic heterocycles. The van der Waals surface area contributed by atoms with Gasteiger partial charge in [0.15, 0.2) is 0 Å². The number of fused-ring (bicyclic) bond motifs is 1. The van der Waals surface area contributed by atoms with Gasteiger partial charge in [-0.05, 0) is 23.9 Å². The Morgan fingerprint density at radius 1 is 1.43 bits per heavy atom. The van der Waals surface area contributed by atoms with Gasteiger partial charge in [0.25, 0.3) is 5.91 Å². The fraction of sp³-hybridized carbons (Fsp3) is 0.200. The number of aromatic nitrogens is 1. The third-order valence-electron chi connectivity index (χ3n) is 3.35. The molecule has 0 spiro atoms. The van der Waals surface area contributed by atoms with E-state index in [2.05, 4.69) is 11.1 Å². The summed E-state index contributed by atoms with van der Waals surface area (Å²) in [4.78, 5) is 20.2. The van der Waals surface area contributed by atoms with Crippen LogP contribution >= 0.6 is 22.7 Å². The Morgan fingerprint density at radius 2 is 2.29 bits per heavy atom. The molecule has 108 valence electrons. The maximum Gasteiger partial charge on any atom is 0.265 e. The van der Waals surface area contributed by atoms with Crippen molar-refractivity contribution in [2.45, 2.75) is 6.42 Å². The molecule has 3 heterocycles. The molecule has 2 N–H and O–H groups in total. The monoisotopic (exact) mass is 317 g/mol. The molecule has 3 rings (SSSR count). The number of likely N-dealkylation sites (N-methyl/N-ethyl adjacent to an activating group) is 1. The van der Waals surface area contributed by atoms with Crippen LogP contribution in [0.5, 0.6) is 0 Å². The molecule has 0 aromatic carbocycles. The molecule has 1 amide bonds. The fourth-order valence-electron chi connectivity index (χ4n) is 2.14. The van der Waals surface area contributed by atoms with E-state index in [1.165, 1.54) is 16.2 Å². The van der Waals surface area contributed by atoms with Gasteiger partial charge in [-0.3, -0.25) is 9.78 Å². The van der Waals surface area contributed by atoms with Crippen LogP contribution in [0.15, 0.2) is 36.0 Å². The molecule has 0 unspecified atom stereocenters. The van der Waals surface area contributed by atoms with Gasteiger partial charge in [0.05, 0.1) is 10.4 Å². The minimum atomic E-state index is -0.0229. The molecule has 3 aromatic heterocycles. The van der Waals surface area contributed by atoms with Crippen LogP contribution in [0.4, 0.5) is 5.69 Å². The van der Waals surface area contributed by atoms with Crippen molar-refractivity contribution in [3.05, 3.63) is 45.7 Å². The molecule has 0 atom stereocenters. The first kappa shape index (κ1) is 14.0. The van der Waals surface area contributed by atoms with E-state index in [0.717, 1.165) is 16.5 Å². The van der Waals surface area contributed by atoms with Crippen molar-refractivity contribution in [2.24, 2.45) is 0 Å². The first-order valence-electron chi connectivity index (χ1n) is 6.56. The number of nitrogens with zero attached hydrogens (tertiary/aromatic N) is 2. The molecule has 0 radical (unpaired) electrons. The summed E-state index contributed by atoms with van der Waals surface area (Å²) in [5, 5.41) is 2.96. The quantitative estimate of drug-likeness (QED) is 0.803. The van der Waals surface area contributed by atoms with Gasteiger partial charge in [-0.15, -0.1) is 22.7 Å². The molecule has 0 saturated heterocycles. The number of anilines is 1. The molecule has 0 aliphatic rings. The molecule has 0 bridgehead atoms. The van der Waals surface area contributed by atoms with Gasteiger partial charge in [0.1, 0.15) is 4.88 Å². The lowest BCUT2D eigenvalue weighted by atomic mass is 10.2. The Morgan fingerprint density at radius 3 is 3.00 bits per heavy atom. The molecule has 0 aliphatic carbocycles. The molecule has 21 heavy (non-hydrogen) atoms. The second-order valence-corrected chi connectivity index (χ2v) is 6.86. The number of pyridine rings is 1. The SMILES string of the molecule is CN(CCc1cccs1)C(=O)c1sc2cnccc2c1N. The van der Waals surface area contributed by atoms with E-state index in [-0.39, 0.29) is 5.91 Å². The molecule has 4 nitrogen and oxygen atoms in total. The summed E-state index contributed by atoms with van der Waals surface area (Å²) < 4.78 is 0.949. The van der Waals surface area contributed by atoms with Crippen LogP contribution in [0.25, 0.3) is 10.1 Å². The highest BCUT2D eigenvalue weighted by molar-refractivity contribution is 7.21. The van der Waals surface area contributed by atoms with Crippen LogP contribution in [0, 0.1) is 0 Å². The van der Waals surface area contributed by atoms with Crippen LogP contribution < -0.4 is 5.73 Å². The largest absolute Gasteiger partial charge is 0.397 e. The van der Waals surface area contributed by atoms with Crippen LogP contribution in [0.2, 0.25) is 0 Å². The average Bonchev–Trinajstić information content (AvgIpc) is 3.13. The fourth-order valence-corrected chi connectivity index (χ4v) is 3.92. The lowest BCUT2D eigenvalue weighted by Crippen LogP contribution is -2.28. The van der Waals surface area contributed by atoms with Crippen molar-refractivity contribution in [3.63, 3.8) is 0 Å². The number of hydrogen-bond donors (Lipinski definition) is 1. The third kappa shape index (κ3) is 2.77. The van der Waals surface area contributed by atoms with E-state index in [4.69, 9.17) is 5.73 Å². The summed E-state index contributed by atoms with van der Waals surface area (Å²) in [5.74, 6) is -0.0229. The summed E-state index contributed by atoms with van der Waals surface area (Å²) in [6, 6.07) is 5.96. The van der Waals surface area contributed by atoms with Gasteiger partial charge < -0.3 is 10.6 Å². The van der Waals surface area contributed by atoms with Crippen molar-refractivity contribution in [2.75, 3.05) is 19.3 Å². The van der Waals surface area contributed by atoms with E-state index in [1.54, 1.807) is 28.6 Å². The minimum Gasteiger partial charge on any atom is -0.397 e. The summed E-state index contributed by atoms with van der Waals surface area (Å²) >= 11 is 3.12. The van der Waals surface area contributed by atoms with Gasteiger partial charge in [-0.25, -0.2) is 0 Å². The lowest BCUT2D eigenvalue weighted by molar-refractivity contribution is 0.0802. The zero-order valence-corrected chi connectivity index (χ0v) is 13.2. The van der Waals surface area contributed by atoms with Gasteiger partial charge in [-0.2, -0.15) is 0 Å². The molecule has 6 heteroatoms. The smallest absolute Gasteiger partial charge is 0.265 e. The Balaban J connectivity index is 1.78. The molecular weight excluding hydrogens is 302 g/mol. The molecule has 0 saturated carbocycles. The highest BCUT2D eigenvalue weighted by Gasteiger charge is 2.19. The average molecular weight is 317 g/mol. The third-order valence-corrected chi connectivity index (χ3v) is 5.43. The first-order chi connectivity index (χ1) is 10.2. The number of carbonyl (C=O) groups excluding carboxylic acids is 1. The van der Waals surface area contributed by atoms with Gasteiger partial charge >= 0.3 is 0 Å². The van der Waals surface area contributed by atoms with E-state index in [9.17, 15) is 4.79 Å². The van der Waals surface area contributed by atoms with Crippen molar-refractivity contribution in [1.29, 1.82) is 0 Å². The number of hydrogen-bond acceptors (Lipinski definition) is 5. The van der Waals surface area contributed by atoms with Gasteiger partial charge in [0, 0.05) is 36.2 Å². The normalized spacial score (nSPS) is 10.9. The zero-order chi connectivity index (χ0) is 14.8. The van der Waals surface area contributed by atoms with E-state index in [0.29, 0.717) is 17.1 Å². The standard InChI is InChI=1S/C15H15N3OS2/c1-18(7-5-10-3-2-8-20-10)15(19)14-13(16)11-4-6-17-9-12(11)21-14/h2-4,6,8-9H,5,7,16H2,1H3. The van der Waals surface area contributed by atoms with Gasteiger partial charge in [0.2, 0.25) is 0 Å². The maximum atomic E-state index is 12.5. The van der Waals surface area contributed by atoms with Crippen molar-refractivity contribution in [1.82, 2.24) is 9.88 Å². The van der Waals surface area contributed by atoms with Crippen molar-refractivity contribution >= 4 is 44.4 Å². The Labute approximate surface area is 130 Å². The van der Waals surface area contributed by atoms with Crippen molar-refractivity contribution < 1.29 is 4.79 Å². The Hall–Kier alpha value is -1.92. The van der Waals surface area contributed by atoms with E-state index in [1.807, 2.05) is 24.6 Å². The summed E-state index contributed by atoms with van der Waals surface area (Å²) in [6.45, 7) is 0.686. The van der Waals surface area contributed by atoms with Crippen LogP contribution in [0.1, 0.15) is 14.5 Å². The predicted octanol–water partition coefficient (Wildman–Crippen LogP) is 3.25. The topological polar surface area (TPSA) is 59.2 Å². The number of amides is 1. The van der Waals surface area contributed by atoms with Crippen LogP contribution in [0.3, 0.4) is 0 Å². The lowest BCUT2D eigenvalue weighted by Gasteiger charge is -2.16. The number of thiophene rings is 2. The van der Waals surface area contributed by atoms with Crippen LogP contribution in [-0.2, 0) is 6.42 Å². The first-order valence-corrected chi connectivity index (χ1v) is 8.26. The summed E-state index contributed by atoms with van der Waals surface area (Å²) in [6.07, 6.45) is 4.31. The number of nitrogen functional groups attached to an aromatic ring is 1. The van der Waals surface area contributed by atoms with E-state index >= 15 is 0 Å². The van der Waals surface area contributed by atoms with Crippen molar-refractivity contribution in [3.8, 4) is 0 Å². The highest BCUT2D eigenvalue weighted by Crippen LogP contribution is 2.33. The molecule has 0 fully saturated rings. The number of rotatable bonds is 4. The number of nitrogens with two attached hydrogens (primary N) is 1. The highest BCUT2D eigenvalue weighted by atomic mass is 32.1. The second-order valence-electron chi connectivity index (χ2n) is 4.77. The molecule has 3 aromatic rings. The molecular formula is C15H15N3OS2. The van der Waals surface area contributed by atoms with Crippen LogP contribution in [-0.4, -0.2) is 29.4 Å². The Kier molecular flexibility index (Phi) is 3.90. The zero-order valence-electron chi connectivity index (χ0n) is 11.6.